The van der Waals surface area contributed by atoms with Crippen molar-refractivity contribution in [3.63, 3.8) is 0 Å². The third-order valence-electron chi connectivity index (χ3n) is 2.64. The lowest BCUT2D eigenvalue weighted by Gasteiger charge is -2.33. The molecule has 0 aromatic heterocycles. The van der Waals surface area contributed by atoms with Gasteiger partial charge in [-0.05, 0) is 26.7 Å². The average Bonchev–Trinajstić information content (AvgIpc) is 2.02. The number of ether oxygens (including phenoxy) is 1. The van der Waals surface area contributed by atoms with Crippen LogP contribution in [0, 0.1) is 5.92 Å². The zero-order valence-electron chi connectivity index (χ0n) is 9.44. The van der Waals surface area contributed by atoms with Gasteiger partial charge in [0.15, 0.2) is 5.60 Å². The smallest absolute Gasteiger partial charge is 0.335 e. The van der Waals surface area contributed by atoms with Gasteiger partial charge in [-0.15, -0.1) is 0 Å². The van der Waals surface area contributed by atoms with Crippen LogP contribution in [0.2, 0.25) is 0 Å². The van der Waals surface area contributed by atoms with Crippen LogP contribution in [0.3, 0.4) is 0 Å². The van der Waals surface area contributed by atoms with Crippen LogP contribution < -0.4 is 0 Å². The Morgan fingerprint density at radius 1 is 1.29 bits per heavy atom. The molecular formula is C10H20O4. The lowest BCUT2D eigenvalue weighted by molar-refractivity contribution is -0.185. The second kappa shape index (κ2) is 4.75. The summed E-state index contributed by atoms with van der Waals surface area (Å²) in [5, 5.41) is 18.3. The number of aliphatic hydroxyl groups is 1. The van der Waals surface area contributed by atoms with E-state index in [9.17, 15) is 9.90 Å². The highest BCUT2D eigenvalue weighted by Gasteiger charge is 2.39. The van der Waals surface area contributed by atoms with Gasteiger partial charge in [0.05, 0.1) is 12.2 Å². The predicted molar refractivity (Wildman–Crippen MR) is 53.1 cm³/mol. The van der Waals surface area contributed by atoms with E-state index in [4.69, 9.17) is 9.84 Å². The number of aliphatic carboxylic acids is 1. The summed E-state index contributed by atoms with van der Waals surface area (Å²) in [5.74, 6) is -1.15. The Bertz CT molecular complexity index is 200. The third kappa shape index (κ3) is 2.96. The van der Waals surface area contributed by atoms with E-state index in [1.165, 1.54) is 6.92 Å². The number of hydrogen-bond donors (Lipinski definition) is 2. The molecule has 0 spiro atoms. The predicted octanol–water partition coefficient (Wildman–Crippen LogP) is 1.27. The fourth-order valence-corrected chi connectivity index (χ4v) is 0.918. The Morgan fingerprint density at radius 3 is 1.93 bits per heavy atom. The van der Waals surface area contributed by atoms with Crippen LogP contribution in [0.1, 0.15) is 34.6 Å². The van der Waals surface area contributed by atoms with Crippen molar-refractivity contribution in [3.05, 3.63) is 0 Å². The molecule has 4 heteroatoms. The molecule has 0 fully saturated rings. The summed E-state index contributed by atoms with van der Waals surface area (Å²) < 4.78 is 5.37. The molecule has 0 bridgehead atoms. The van der Waals surface area contributed by atoms with Crippen molar-refractivity contribution in [2.24, 2.45) is 5.92 Å². The van der Waals surface area contributed by atoms with Crippen LogP contribution in [-0.2, 0) is 9.53 Å². The molecule has 0 saturated heterocycles. The maximum absolute atomic E-state index is 11.0. The van der Waals surface area contributed by atoms with Crippen LogP contribution in [0.25, 0.3) is 0 Å². The monoisotopic (exact) mass is 204 g/mol. The van der Waals surface area contributed by atoms with E-state index in [1.54, 1.807) is 27.7 Å². The summed E-state index contributed by atoms with van der Waals surface area (Å²) in [6.07, 6.45) is -1.16. The molecule has 0 rings (SSSR count). The maximum Gasteiger partial charge on any atom is 0.335 e. The Kier molecular flexibility index (Phi) is 4.55. The molecular weight excluding hydrogens is 184 g/mol. The summed E-state index contributed by atoms with van der Waals surface area (Å²) >= 11 is 0. The van der Waals surface area contributed by atoms with Gasteiger partial charge < -0.3 is 14.9 Å². The van der Waals surface area contributed by atoms with Gasteiger partial charge in [-0.25, -0.2) is 4.79 Å². The molecule has 3 atom stereocenters. The van der Waals surface area contributed by atoms with Gasteiger partial charge in [0, 0.05) is 0 Å². The fourth-order valence-electron chi connectivity index (χ4n) is 0.918. The lowest BCUT2D eigenvalue weighted by Crippen LogP contribution is -2.47. The minimum Gasteiger partial charge on any atom is -0.479 e. The summed E-state index contributed by atoms with van der Waals surface area (Å²) in [5.41, 5.74) is -1.24. The van der Waals surface area contributed by atoms with Crippen molar-refractivity contribution >= 4 is 5.97 Å². The van der Waals surface area contributed by atoms with Crippen LogP contribution in [0.4, 0.5) is 0 Å². The molecule has 0 heterocycles. The van der Waals surface area contributed by atoms with Gasteiger partial charge in [0.1, 0.15) is 0 Å². The molecule has 0 radical (unpaired) electrons. The van der Waals surface area contributed by atoms with Crippen LogP contribution >= 0.6 is 0 Å². The number of carboxylic acid groups (broad SMARTS) is 1. The normalized spacial score (nSPS) is 20.2. The van der Waals surface area contributed by atoms with Crippen molar-refractivity contribution < 1.29 is 19.7 Å². The van der Waals surface area contributed by atoms with Crippen molar-refractivity contribution in [1.29, 1.82) is 0 Å². The van der Waals surface area contributed by atoms with Crippen molar-refractivity contribution in [1.82, 2.24) is 0 Å². The summed E-state index contributed by atoms with van der Waals surface area (Å²) in [6.45, 7) is 8.33. The Morgan fingerprint density at radius 2 is 1.71 bits per heavy atom. The maximum atomic E-state index is 11.0. The molecule has 3 unspecified atom stereocenters. The van der Waals surface area contributed by atoms with E-state index in [2.05, 4.69) is 0 Å². The van der Waals surface area contributed by atoms with Gasteiger partial charge in [0.2, 0.25) is 0 Å². The Balaban J connectivity index is 4.62. The second-order valence-corrected chi connectivity index (χ2v) is 4.13. The quantitative estimate of drug-likeness (QED) is 0.707. The number of aliphatic hydroxyl groups excluding tert-OH is 1. The molecule has 14 heavy (non-hydrogen) atoms. The van der Waals surface area contributed by atoms with Gasteiger partial charge in [0.25, 0.3) is 0 Å². The van der Waals surface area contributed by atoms with Crippen molar-refractivity contribution in [3.8, 4) is 0 Å². The van der Waals surface area contributed by atoms with Gasteiger partial charge in [-0.1, -0.05) is 13.8 Å². The molecule has 4 nitrogen and oxygen atoms in total. The highest BCUT2D eigenvalue weighted by Crippen LogP contribution is 2.24. The van der Waals surface area contributed by atoms with Gasteiger partial charge in [-0.3, -0.25) is 0 Å². The standard InChI is InChI=1S/C10H20O4/c1-6(2)10(5,9(12)13)14-8(4)7(3)11/h6-8,11H,1-5H3,(H,12,13). The lowest BCUT2D eigenvalue weighted by atomic mass is 9.92. The molecule has 0 aromatic rings. The highest BCUT2D eigenvalue weighted by atomic mass is 16.5. The summed E-state index contributed by atoms with van der Waals surface area (Å²) in [6, 6.07) is 0. The Hall–Kier alpha value is -0.610. The minimum absolute atomic E-state index is 0.152. The van der Waals surface area contributed by atoms with E-state index in [0.29, 0.717) is 0 Å². The van der Waals surface area contributed by atoms with Gasteiger partial charge >= 0.3 is 5.97 Å². The third-order valence-corrected chi connectivity index (χ3v) is 2.64. The van der Waals surface area contributed by atoms with Crippen molar-refractivity contribution in [2.45, 2.75) is 52.4 Å². The number of carbonyl (C=O) groups is 1. The van der Waals surface area contributed by atoms with Crippen LogP contribution in [-0.4, -0.2) is 34.0 Å². The highest BCUT2D eigenvalue weighted by molar-refractivity contribution is 5.77. The molecule has 0 aliphatic rings. The van der Waals surface area contributed by atoms with E-state index < -0.39 is 23.8 Å². The topological polar surface area (TPSA) is 66.8 Å². The molecule has 0 aromatic carbocycles. The number of carboxylic acids is 1. The largest absolute Gasteiger partial charge is 0.479 e. The van der Waals surface area contributed by atoms with E-state index >= 15 is 0 Å². The molecule has 0 amide bonds. The molecule has 2 N–H and O–H groups in total. The van der Waals surface area contributed by atoms with Gasteiger partial charge in [-0.2, -0.15) is 0 Å². The average molecular weight is 204 g/mol. The molecule has 0 saturated carbocycles. The number of rotatable bonds is 5. The Labute approximate surface area is 84.9 Å². The SMILES string of the molecule is CC(O)C(C)OC(C)(C(=O)O)C(C)C. The first-order valence-electron chi connectivity index (χ1n) is 4.81. The van der Waals surface area contributed by atoms with E-state index in [-0.39, 0.29) is 5.92 Å². The second-order valence-electron chi connectivity index (χ2n) is 4.13. The fraction of sp³-hybridized carbons (Fsp3) is 0.900. The summed E-state index contributed by atoms with van der Waals surface area (Å²) in [7, 11) is 0. The first-order valence-corrected chi connectivity index (χ1v) is 4.81. The molecule has 0 aliphatic heterocycles. The molecule has 0 aliphatic carbocycles. The first kappa shape index (κ1) is 13.4. The first-order chi connectivity index (χ1) is 6.21. The summed E-state index contributed by atoms with van der Waals surface area (Å²) in [4.78, 5) is 11.0. The van der Waals surface area contributed by atoms with E-state index in [0.717, 1.165) is 0 Å². The van der Waals surface area contributed by atoms with E-state index in [1.807, 2.05) is 0 Å². The number of hydrogen-bond acceptors (Lipinski definition) is 3. The zero-order chi connectivity index (χ0) is 11.5. The molecule has 84 valence electrons. The van der Waals surface area contributed by atoms with Crippen LogP contribution in [0.5, 0.6) is 0 Å². The van der Waals surface area contributed by atoms with Crippen LogP contribution in [0.15, 0.2) is 0 Å². The van der Waals surface area contributed by atoms with Crippen molar-refractivity contribution in [2.75, 3.05) is 0 Å². The minimum atomic E-state index is -1.24. The zero-order valence-corrected chi connectivity index (χ0v) is 9.44.